The normalized spacial score (nSPS) is 15.3. The number of benzene rings is 1. The van der Waals surface area contributed by atoms with Gasteiger partial charge in [0.2, 0.25) is 15.8 Å². The number of carbonyl (C=O) groups excluding carboxylic acids is 2. The molecule has 29 heavy (non-hydrogen) atoms. The van der Waals surface area contributed by atoms with E-state index >= 15 is 0 Å². The van der Waals surface area contributed by atoms with Gasteiger partial charge in [-0.2, -0.15) is 4.31 Å². The zero-order valence-corrected chi connectivity index (χ0v) is 17.1. The van der Waals surface area contributed by atoms with E-state index in [0.717, 1.165) is 18.4 Å². The molecule has 1 fully saturated rings. The molecule has 1 aromatic carbocycles. The second-order valence-corrected chi connectivity index (χ2v) is 8.67. The summed E-state index contributed by atoms with van der Waals surface area (Å²) in [5, 5.41) is 0. The van der Waals surface area contributed by atoms with E-state index in [1.54, 1.807) is 18.2 Å². The van der Waals surface area contributed by atoms with Gasteiger partial charge in [-0.3, -0.25) is 4.79 Å². The maximum atomic E-state index is 12.8. The first-order valence-corrected chi connectivity index (χ1v) is 10.9. The van der Waals surface area contributed by atoms with Gasteiger partial charge >= 0.3 is 5.97 Å². The molecule has 1 saturated heterocycles. The van der Waals surface area contributed by atoms with Crippen LogP contribution in [0.15, 0.2) is 52.0 Å². The first-order valence-electron chi connectivity index (χ1n) is 9.49. The van der Waals surface area contributed by atoms with Gasteiger partial charge in [0.25, 0.3) is 5.91 Å². The lowest BCUT2D eigenvalue weighted by Gasteiger charge is -2.33. The number of aryl methyl sites for hydroxylation is 1. The summed E-state index contributed by atoms with van der Waals surface area (Å²) in [6, 6.07) is 9.94. The molecule has 0 atom stereocenters. The Balaban J connectivity index is 1.52. The maximum absolute atomic E-state index is 12.8. The van der Waals surface area contributed by atoms with E-state index in [-0.39, 0.29) is 42.7 Å². The van der Waals surface area contributed by atoms with Crippen LogP contribution in [-0.4, -0.2) is 62.3 Å². The fraction of sp³-hybridized carbons (Fsp3) is 0.400. The predicted molar refractivity (Wildman–Crippen MR) is 105 cm³/mol. The third-order valence-electron chi connectivity index (χ3n) is 4.74. The lowest BCUT2D eigenvalue weighted by atomic mass is 10.1. The van der Waals surface area contributed by atoms with Gasteiger partial charge in [0.05, 0.1) is 11.2 Å². The number of carbonyl (C=O) groups is 2. The molecule has 0 bridgehead atoms. The number of furan rings is 1. The summed E-state index contributed by atoms with van der Waals surface area (Å²) in [5.41, 5.74) is 1.10. The van der Waals surface area contributed by atoms with Crippen LogP contribution in [0.2, 0.25) is 0 Å². The van der Waals surface area contributed by atoms with E-state index in [9.17, 15) is 18.0 Å². The van der Waals surface area contributed by atoms with Crippen LogP contribution >= 0.6 is 0 Å². The number of ether oxygens (including phenoxy) is 1. The highest BCUT2D eigenvalue weighted by molar-refractivity contribution is 7.89. The number of piperazine rings is 1. The van der Waals surface area contributed by atoms with Crippen LogP contribution in [0.3, 0.4) is 0 Å². The Kier molecular flexibility index (Phi) is 6.71. The monoisotopic (exact) mass is 420 g/mol. The van der Waals surface area contributed by atoms with Crippen molar-refractivity contribution < 1.29 is 27.2 Å². The SMILES string of the molecule is CCCc1ccc(S(=O)(=O)N2CCN(C(=O)COC(=O)c3ccco3)CC2)cc1. The number of sulfonamides is 1. The van der Waals surface area contributed by atoms with Gasteiger partial charge in [0.15, 0.2) is 6.61 Å². The molecule has 1 amide bonds. The van der Waals surface area contributed by atoms with Gasteiger partial charge in [0, 0.05) is 26.2 Å². The third-order valence-corrected chi connectivity index (χ3v) is 6.65. The Labute approximate surface area is 170 Å². The Morgan fingerprint density at radius 1 is 1.07 bits per heavy atom. The molecular formula is C20H24N2O6S. The summed E-state index contributed by atoms with van der Waals surface area (Å²) in [6.45, 7) is 2.52. The highest BCUT2D eigenvalue weighted by atomic mass is 32.2. The summed E-state index contributed by atoms with van der Waals surface area (Å²) in [5.74, 6) is -1.05. The minimum Gasteiger partial charge on any atom is -0.457 e. The topological polar surface area (TPSA) is 97.1 Å². The predicted octanol–water partition coefficient (Wildman–Crippen LogP) is 1.92. The number of hydrogen-bond donors (Lipinski definition) is 0. The van der Waals surface area contributed by atoms with Crippen LogP contribution in [-0.2, 0) is 26.0 Å². The van der Waals surface area contributed by atoms with Crippen molar-refractivity contribution in [3.8, 4) is 0 Å². The van der Waals surface area contributed by atoms with Crippen molar-refractivity contribution in [3.05, 3.63) is 54.0 Å². The van der Waals surface area contributed by atoms with Gasteiger partial charge in [-0.1, -0.05) is 25.5 Å². The number of hydrogen-bond acceptors (Lipinski definition) is 6. The van der Waals surface area contributed by atoms with Crippen LogP contribution < -0.4 is 0 Å². The van der Waals surface area contributed by atoms with Gasteiger partial charge in [-0.05, 0) is 36.2 Å². The third kappa shape index (κ3) is 5.04. The van der Waals surface area contributed by atoms with E-state index in [0.29, 0.717) is 0 Å². The molecule has 0 radical (unpaired) electrons. The molecule has 1 aromatic heterocycles. The van der Waals surface area contributed by atoms with Crippen molar-refractivity contribution >= 4 is 21.9 Å². The molecule has 1 aliphatic heterocycles. The highest BCUT2D eigenvalue weighted by Crippen LogP contribution is 2.19. The van der Waals surface area contributed by atoms with E-state index in [2.05, 4.69) is 6.92 Å². The van der Waals surface area contributed by atoms with E-state index in [1.807, 2.05) is 12.1 Å². The fourth-order valence-electron chi connectivity index (χ4n) is 3.13. The number of nitrogens with zero attached hydrogens (tertiary/aromatic N) is 2. The largest absolute Gasteiger partial charge is 0.457 e. The highest BCUT2D eigenvalue weighted by Gasteiger charge is 2.30. The summed E-state index contributed by atoms with van der Waals surface area (Å²) < 4.78 is 36.9. The van der Waals surface area contributed by atoms with Crippen molar-refractivity contribution in [1.29, 1.82) is 0 Å². The summed E-state index contributed by atoms with van der Waals surface area (Å²) in [4.78, 5) is 25.7. The van der Waals surface area contributed by atoms with Crippen LogP contribution in [0.1, 0.15) is 29.5 Å². The lowest BCUT2D eigenvalue weighted by Crippen LogP contribution is -2.51. The van der Waals surface area contributed by atoms with Gasteiger partial charge in [-0.15, -0.1) is 0 Å². The summed E-state index contributed by atoms with van der Waals surface area (Å²) in [6.07, 6.45) is 3.25. The second-order valence-electron chi connectivity index (χ2n) is 6.73. The van der Waals surface area contributed by atoms with Crippen LogP contribution in [0, 0.1) is 0 Å². The molecular weight excluding hydrogens is 396 g/mol. The smallest absolute Gasteiger partial charge is 0.374 e. The number of esters is 1. The standard InChI is InChI=1S/C20H24N2O6S/c1-2-4-16-6-8-17(9-7-16)29(25,26)22-12-10-21(11-13-22)19(23)15-28-20(24)18-5-3-14-27-18/h3,5-9,14H,2,4,10-13,15H2,1H3. The van der Waals surface area contributed by atoms with Gasteiger partial charge < -0.3 is 14.1 Å². The second kappa shape index (κ2) is 9.23. The first-order chi connectivity index (χ1) is 13.9. The minimum atomic E-state index is -3.60. The van der Waals surface area contributed by atoms with Crippen molar-refractivity contribution in [2.24, 2.45) is 0 Å². The van der Waals surface area contributed by atoms with E-state index < -0.39 is 22.6 Å². The Morgan fingerprint density at radius 3 is 2.34 bits per heavy atom. The molecule has 156 valence electrons. The molecule has 3 rings (SSSR count). The van der Waals surface area contributed by atoms with Crippen molar-refractivity contribution in [3.63, 3.8) is 0 Å². The Morgan fingerprint density at radius 2 is 1.76 bits per heavy atom. The molecule has 2 heterocycles. The Hall–Kier alpha value is -2.65. The van der Waals surface area contributed by atoms with Crippen molar-refractivity contribution in [2.75, 3.05) is 32.8 Å². The molecule has 9 heteroatoms. The fourth-order valence-corrected chi connectivity index (χ4v) is 4.55. The van der Waals surface area contributed by atoms with Crippen LogP contribution in [0.25, 0.3) is 0 Å². The van der Waals surface area contributed by atoms with E-state index in [1.165, 1.54) is 21.5 Å². The van der Waals surface area contributed by atoms with Crippen molar-refractivity contribution in [1.82, 2.24) is 9.21 Å². The summed E-state index contributed by atoms with van der Waals surface area (Å²) in [7, 11) is -3.60. The summed E-state index contributed by atoms with van der Waals surface area (Å²) >= 11 is 0. The molecule has 2 aromatic rings. The molecule has 0 N–H and O–H groups in total. The van der Waals surface area contributed by atoms with Crippen LogP contribution in [0.5, 0.6) is 0 Å². The molecule has 8 nitrogen and oxygen atoms in total. The zero-order chi connectivity index (χ0) is 20.9. The minimum absolute atomic E-state index is 0.0265. The quantitative estimate of drug-likeness (QED) is 0.635. The first kappa shape index (κ1) is 21.1. The Bertz CT molecular complexity index is 930. The number of rotatable bonds is 7. The maximum Gasteiger partial charge on any atom is 0.374 e. The molecule has 1 aliphatic rings. The molecule has 0 unspecified atom stereocenters. The van der Waals surface area contributed by atoms with Crippen LogP contribution in [0.4, 0.5) is 0 Å². The average Bonchev–Trinajstić information content (AvgIpc) is 3.27. The molecule has 0 saturated carbocycles. The molecule has 0 aliphatic carbocycles. The average molecular weight is 420 g/mol. The van der Waals surface area contributed by atoms with Gasteiger partial charge in [0.1, 0.15) is 0 Å². The van der Waals surface area contributed by atoms with E-state index in [4.69, 9.17) is 9.15 Å². The molecule has 0 spiro atoms. The van der Waals surface area contributed by atoms with Crippen molar-refractivity contribution in [2.45, 2.75) is 24.7 Å². The number of amides is 1. The zero-order valence-electron chi connectivity index (χ0n) is 16.2. The van der Waals surface area contributed by atoms with Gasteiger partial charge in [-0.25, -0.2) is 13.2 Å². The lowest BCUT2D eigenvalue weighted by molar-refractivity contribution is -0.135.